The number of hydrogen-bond acceptors (Lipinski definition) is 7. The first-order valence-corrected chi connectivity index (χ1v) is 10.2. The highest BCUT2D eigenvalue weighted by atomic mass is 32.1. The molecule has 4 atom stereocenters. The molecule has 5 N–H and O–H groups in total. The maximum Gasteiger partial charge on any atom is 0.321 e. The minimum Gasteiger partial charge on any atom is -0.497 e. The minimum atomic E-state index is -1.27. The summed E-state index contributed by atoms with van der Waals surface area (Å²) in [5, 5.41) is 10.1. The molecule has 162 valence electrons. The van der Waals surface area contributed by atoms with Gasteiger partial charge in [0.1, 0.15) is 17.5 Å². The summed E-state index contributed by atoms with van der Waals surface area (Å²) in [6.07, 6.45) is 0. The lowest BCUT2D eigenvalue weighted by Gasteiger charge is -2.59. The summed E-state index contributed by atoms with van der Waals surface area (Å²) in [6.45, 7) is 1.85. The van der Waals surface area contributed by atoms with Gasteiger partial charge >= 0.3 is 5.97 Å². The normalized spacial score (nSPS) is 29.4. The number of aliphatic imine (C=N–C) groups is 1. The van der Waals surface area contributed by atoms with Gasteiger partial charge in [-0.3, -0.25) is 4.79 Å². The lowest BCUT2D eigenvalue weighted by Crippen LogP contribution is -2.81. The van der Waals surface area contributed by atoms with Crippen LogP contribution in [0.5, 0.6) is 5.75 Å². The van der Waals surface area contributed by atoms with Crippen LogP contribution in [-0.4, -0.2) is 36.9 Å². The van der Waals surface area contributed by atoms with Crippen LogP contribution in [0.3, 0.4) is 0 Å². The average molecular weight is 440 g/mol. The number of rotatable bonds is 4. The topological polar surface area (TPSA) is 110 Å². The Morgan fingerprint density at radius 2 is 1.74 bits per heavy atom. The summed E-state index contributed by atoms with van der Waals surface area (Å²) >= 11 is 5.51. The van der Waals surface area contributed by atoms with E-state index in [0.717, 1.165) is 11.1 Å². The molecule has 0 saturated carbocycles. The van der Waals surface area contributed by atoms with Crippen molar-refractivity contribution in [2.75, 3.05) is 14.2 Å². The van der Waals surface area contributed by atoms with E-state index in [4.69, 9.17) is 32.4 Å². The molecule has 8 nitrogen and oxygen atoms in total. The zero-order chi connectivity index (χ0) is 22.2. The Kier molecular flexibility index (Phi) is 5.22. The van der Waals surface area contributed by atoms with E-state index in [1.165, 1.54) is 7.11 Å². The van der Waals surface area contributed by atoms with Gasteiger partial charge in [-0.2, -0.15) is 0 Å². The van der Waals surface area contributed by atoms with Crippen LogP contribution in [0.4, 0.5) is 0 Å². The van der Waals surface area contributed by atoms with Crippen molar-refractivity contribution in [2.24, 2.45) is 16.1 Å². The number of esters is 1. The van der Waals surface area contributed by atoms with Crippen LogP contribution in [0, 0.1) is 5.41 Å². The fraction of sp³-hybridized carbons (Fsp3) is 0.318. The van der Waals surface area contributed by atoms with Gasteiger partial charge in [-0.25, -0.2) is 4.99 Å². The molecule has 0 amide bonds. The Morgan fingerprint density at radius 3 is 2.35 bits per heavy atom. The Bertz CT molecular complexity index is 1030. The second-order valence-corrected chi connectivity index (χ2v) is 8.15. The zero-order valence-electron chi connectivity index (χ0n) is 17.5. The summed E-state index contributed by atoms with van der Waals surface area (Å²) in [5.74, 6) is 0.452. The Labute approximate surface area is 186 Å². The standard InChI is InChI=1S/C22H25N5O3S/c1-21-22(18(28)30-3,17(25-20(31)27-21)13-7-5-4-6-8-13)16(24-19(23)26-21)14-9-11-15(29-2)12-10-14/h4-12,16-17H,1-3H3,(H3,23,24,26)(H2,25,27,31)/t16?,17-,21-,22-/m1/s1. The summed E-state index contributed by atoms with van der Waals surface area (Å²) in [4.78, 5) is 18.4. The predicted octanol–water partition coefficient (Wildman–Crippen LogP) is 1.75. The summed E-state index contributed by atoms with van der Waals surface area (Å²) in [5.41, 5.74) is 5.51. The van der Waals surface area contributed by atoms with Crippen LogP contribution in [0.25, 0.3) is 0 Å². The number of carbonyl (C=O) groups excluding carboxylic acids is 1. The smallest absolute Gasteiger partial charge is 0.321 e. The van der Waals surface area contributed by atoms with E-state index < -0.39 is 29.1 Å². The molecule has 2 aromatic rings. The van der Waals surface area contributed by atoms with E-state index in [-0.39, 0.29) is 5.96 Å². The van der Waals surface area contributed by atoms with Gasteiger partial charge in [0.2, 0.25) is 0 Å². The molecule has 0 aromatic heterocycles. The fourth-order valence-electron chi connectivity index (χ4n) is 4.71. The lowest BCUT2D eigenvalue weighted by molar-refractivity contribution is -0.166. The molecule has 31 heavy (non-hydrogen) atoms. The molecule has 0 aliphatic carbocycles. The first kappa shape index (κ1) is 20.9. The first-order chi connectivity index (χ1) is 14.9. The third kappa shape index (κ3) is 3.16. The van der Waals surface area contributed by atoms with Crippen LogP contribution in [0.1, 0.15) is 30.1 Å². The molecule has 0 spiro atoms. The van der Waals surface area contributed by atoms with Crippen molar-refractivity contribution in [2.45, 2.75) is 24.7 Å². The van der Waals surface area contributed by atoms with E-state index in [1.807, 2.05) is 61.5 Å². The summed E-state index contributed by atoms with van der Waals surface area (Å²) in [6, 6.07) is 15.9. The van der Waals surface area contributed by atoms with Crippen molar-refractivity contribution < 1.29 is 14.3 Å². The molecule has 4 rings (SSSR count). The second kappa shape index (κ2) is 7.73. The number of hydrogen-bond donors (Lipinski definition) is 4. The fourth-order valence-corrected chi connectivity index (χ4v) is 5.04. The molecular weight excluding hydrogens is 414 g/mol. The summed E-state index contributed by atoms with van der Waals surface area (Å²) in [7, 11) is 2.98. The van der Waals surface area contributed by atoms with Gasteiger partial charge in [-0.15, -0.1) is 0 Å². The quantitative estimate of drug-likeness (QED) is 0.421. The molecule has 1 saturated heterocycles. The number of methoxy groups -OCH3 is 2. The minimum absolute atomic E-state index is 0.201. The van der Waals surface area contributed by atoms with Gasteiger partial charge in [-0.05, 0) is 42.4 Å². The average Bonchev–Trinajstić information content (AvgIpc) is 2.77. The lowest BCUT2D eigenvalue weighted by atomic mass is 9.60. The van der Waals surface area contributed by atoms with Crippen molar-refractivity contribution in [1.29, 1.82) is 0 Å². The van der Waals surface area contributed by atoms with Crippen LogP contribution in [0.15, 0.2) is 59.6 Å². The van der Waals surface area contributed by atoms with Crippen LogP contribution in [-0.2, 0) is 9.53 Å². The number of ether oxygens (including phenoxy) is 2. The van der Waals surface area contributed by atoms with Gasteiger partial charge in [0.05, 0.1) is 20.3 Å². The molecule has 2 aliphatic heterocycles. The van der Waals surface area contributed by atoms with Crippen molar-refractivity contribution in [1.82, 2.24) is 16.0 Å². The van der Waals surface area contributed by atoms with E-state index >= 15 is 0 Å². The first-order valence-electron chi connectivity index (χ1n) is 9.83. The maximum atomic E-state index is 13.7. The van der Waals surface area contributed by atoms with Crippen LogP contribution in [0.2, 0.25) is 0 Å². The van der Waals surface area contributed by atoms with E-state index in [9.17, 15) is 4.79 Å². The molecule has 2 aromatic carbocycles. The van der Waals surface area contributed by atoms with Gasteiger partial charge in [-0.1, -0.05) is 42.5 Å². The Hall–Kier alpha value is -3.33. The molecule has 0 radical (unpaired) electrons. The molecule has 2 heterocycles. The molecule has 1 unspecified atom stereocenters. The molecule has 2 aliphatic rings. The molecular formula is C22H25N5O3S. The monoisotopic (exact) mass is 439 g/mol. The number of thiocarbonyl (C=S) groups is 1. The van der Waals surface area contributed by atoms with Crippen LogP contribution >= 0.6 is 12.2 Å². The number of benzene rings is 2. The van der Waals surface area contributed by atoms with Gasteiger partial charge in [0.15, 0.2) is 16.5 Å². The van der Waals surface area contributed by atoms with Crippen molar-refractivity contribution in [3.8, 4) is 5.75 Å². The molecule has 1 fully saturated rings. The SMILES string of the molecule is COC(=O)[C@]12C(c3ccc(OC)cc3)N=C(N)N[C@]1(C)NC(=S)N[C@@H]2c1ccccc1. The number of nitrogens with zero attached hydrogens (tertiary/aromatic N) is 1. The van der Waals surface area contributed by atoms with Crippen molar-refractivity contribution in [3.05, 3.63) is 65.7 Å². The third-order valence-electron chi connectivity index (χ3n) is 6.09. The van der Waals surface area contributed by atoms with E-state index in [1.54, 1.807) is 7.11 Å². The highest BCUT2D eigenvalue weighted by Crippen LogP contribution is 2.56. The maximum absolute atomic E-state index is 13.7. The Morgan fingerprint density at radius 1 is 1.06 bits per heavy atom. The zero-order valence-corrected chi connectivity index (χ0v) is 18.3. The summed E-state index contributed by atoms with van der Waals surface area (Å²) < 4.78 is 10.7. The van der Waals surface area contributed by atoms with Gasteiger partial charge in [0, 0.05) is 0 Å². The van der Waals surface area contributed by atoms with Crippen molar-refractivity contribution >= 4 is 29.3 Å². The van der Waals surface area contributed by atoms with E-state index in [0.29, 0.717) is 10.9 Å². The predicted molar refractivity (Wildman–Crippen MR) is 121 cm³/mol. The number of nitrogens with one attached hydrogen (secondary N) is 3. The van der Waals surface area contributed by atoms with E-state index in [2.05, 4.69) is 16.0 Å². The number of carbonyl (C=O) groups is 1. The van der Waals surface area contributed by atoms with Crippen LogP contribution < -0.4 is 26.4 Å². The molecule has 9 heteroatoms. The number of guanidine groups is 1. The van der Waals surface area contributed by atoms with Gasteiger partial charge in [0.25, 0.3) is 0 Å². The van der Waals surface area contributed by atoms with Gasteiger partial charge < -0.3 is 31.2 Å². The third-order valence-corrected chi connectivity index (χ3v) is 6.31. The highest BCUT2D eigenvalue weighted by molar-refractivity contribution is 7.80. The Balaban J connectivity index is 2.01. The largest absolute Gasteiger partial charge is 0.497 e. The molecule has 0 bridgehead atoms. The number of nitrogens with two attached hydrogens (primary N) is 1. The van der Waals surface area contributed by atoms with Crippen molar-refractivity contribution in [3.63, 3.8) is 0 Å². The highest BCUT2D eigenvalue weighted by Gasteiger charge is 2.69. The second-order valence-electron chi connectivity index (χ2n) is 7.74. The number of fused-ring (bicyclic) bond motifs is 1.